The summed E-state index contributed by atoms with van der Waals surface area (Å²) in [6.45, 7) is 0. The molecule has 3 rings (SSSR count). The van der Waals surface area contributed by atoms with E-state index in [-0.39, 0.29) is 5.91 Å². The van der Waals surface area contributed by atoms with Gasteiger partial charge in [-0.25, -0.2) is 0 Å². The third kappa shape index (κ3) is 4.69. The van der Waals surface area contributed by atoms with Gasteiger partial charge in [-0.3, -0.25) is 4.79 Å². The van der Waals surface area contributed by atoms with Crippen LogP contribution in [0.1, 0.15) is 50.5 Å². The molecule has 2 aromatic rings. The molecule has 0 radical (unpaired) electrons. The maximum absolute atomic E-state index is 12.1. The van der Waals surface area contributed by atoms with Gasteiger partial charge in [0.15, 0.2) is 0 Å². The summed E-state index contributed by atoms with van der Waals surface area (Å²) in [5, 5.41) is 5.82. The molecule has 1 saturated carbocycles. The van der Waals surface area contributed by atoms with E-state index in [9.17, 15) is 4.79 Å². The Kier molecular flexibility index (Phi) is 5.92. The Hall–Kier alpha value is -1.10. The molecule has 0 aliphatic heterocycles. The first-order valence-corrected chi connectivity index (χ1v) is 9.77. The van der Waals surface area contributed by atoms with Crippen molar-refractivity contribution in [1.82, 2.24) is 5.32 Å². The van der Waals surface area contributed by atoms with Gasteiger partial charge in [-0.2, -0.15) is 0 Å². The van der Waals surface area contributed by atoms with E-state index >= 15 is 0 Å². The second-order valence-electron chi connectivity index (χ2n) is 6.54. The summed E-state index contributed by atoms with van der Waals surface area (Å²) in [6, 6.07) is 13.5. The first-order valence-electron chi connectivity index (χ1n) is 8.69. The summed E-state index contributed by atoms with van der Waals surface area (Å²) in [7, 11) is 0. The van der Waals surface area contributed by atoms with Crippen LogP contribution in [0, 0.1) is 3.57 Å². The minimum Gasteiger partial charge on any atom is -0.353 e. The average molecular weight is 421 g/mol. The number of fused-ring (bicyclic) bond motifs is 1. The van der Waals surface area contributed by atoms with E-state index in [1.165, 1.54) is 39.2 Å². The van der Waals surface area contributed by atoms with E-state index in [0.29, 0.717) is 12.5 Å². The number of rotatable bonds is 5. The first kappa shape index (κ1) is 16.7. The molecule has 0 unspecified atom stereocenters. The van der Waals surface area contributed by atoms with Gasteiger partial charge in [0.2, 0.25) is 5.91 Å². The Morgan fingerprint density at radius 1 is 1.13 bits per heavy atom. The summed E-state index contributed by atoms with van der Waals surface area (Å²) in [5.74, 6) is 0.228. The number of hydrogen-bond acceptors (Lipinski definition) is 1. The fourth-order valence-electron chi connectivity index (χ4n) is 3.51. The molecule has 1 amide bonds. The quantitative estimate of drug-likeness (QED) is 0.660. The molecule has 0 aromatic heterocycles. The lowest BCUT2D eigenvalue weighted by atomic mass is 9.95. The van der Waals surface area contributed by atoms with Crippen LogP contribution in [0.3, 0.4) is 0 Å². The molecule has 2 nitrogen and oxygen atoms in total. The van der Waals surface area contributed by atoms with Crippen LogP contribution in [0.5, 0.6) is 0 Å². The van der Waals surface area contributed by atoms with Crippen molar-refractivity contribution in [1.29, 1.82) is 0 Å². The second kappa shape index (κ2) is 8.13. The van der Waals surface area contributed by atoms with Crippen molar-refractivity contribution >= 4 is 39.3 Å². The standard InChI is InChI=1S/C20H24INO/c21-17-13-12-16-7-4-6-15(19(16)14-17)8-5-11-20(23)22-18-9-2-1-3-10-18/h4,6-7,12-14,18H,1-3,5,8-11H2,(H,22,23). The molecule has 1 aliphatic carbocycles. The number of aryl methyl sites for hydroxylation is 1. The average Bonchev–Trinajstić information content (AvgIpc) is 2.56. The molecule has 0 saturated heterocycles. The summed E-state index contributed by atoms with van der Waals surface area (Å²) >= 11 is 2.36. The Morgan fingerprint density at radius 2 is 1.96 bits per heavy atom. The maximum atomic E-state index is 12.1. The van der Waals surface area contributed by atoms with Crippen LogP contribution in [-0.2, 0) is 11.2 Å². The van der Waals surface area contributed by atoms with Gasteiger partial charge in [0, 0.05) is 16.0 Å². The van der Waals surface area contributed by atoms with E-state index in [4.69, 9.17) is 0 Å². The summed E-state index contributed by atoms with van der Waals surface area (Å²) in [6.07, 6.45) is 8.70. The maximum Gasteiger partial charge on any atom is 0.220 e. The van der Waals surface area contributed by atoms with Crippen LogP contribution in [-0.4, -0.2) is 11.9 Å². The molecule has 1 fully saturated rings. The minimum absolute atomic E-state index is 0.228. The lowest BCUT2D eigenvalue weighted by Gasteiger charge is -2.22. The number of carbonyl (C=O) groups is 1. The number of carbonyl (C=O) groups excluding carboxylic acids is 1. The molecular weight excluding hydrogens is 397 g/mol. The van der Waals surface area contributed by atoms with E-state index in [0.717, 1.165) is 25.7 Å². The van der Waals surface area contributed by atoms with E-state index in [1.807, 2.05) is 0 Å². The molecule has 122 valence electrons. The monoisotopic (exact) mass is 421 g/mol. The van der Waals surface area contributed by atoms with Crippen molar-refractivity contribution in [3.05, 3.63) is 45.5 Å². The Balaban J connectivity index is 1.54. The highest BCUT2D eigenvalue weighted by Gasteiger charge is 2.15. The van der Waals surface area contributed by atoms with Crippen molar-refractivity contribution in [2.75, 3.05) is 0 Å². The zero-order valence-corrected chi connectivity index (χ0v) is 15.6. The number of nitrogens with one attached hydrogen (secondary N) is 1. The molecule has 0 heterocycles. The number of hydrogen-bond donors (Lipinski definition) is 1. The molecule has 23 heavy (non-hydrogen) atoms. The predicted octanol–water partition coefficient (Wildman–Crippen LogP) is 5.22. The van der Waals surface area contributed by atoms with Crippen molar-refractivity contribution in [2.24, 2.45) is 0 Å². The summed E-state index contributed by atoms with van der Waals surface area (Å²) in [5.41, 5.74) is 1.35. The van der Waals surface area contributed by atoms with Gasteiger partial charge in [0.05, 0.1) is 0 Å². The van der Waals surface area contributed by atoms with Gasteiger partial charge in [-0.15, -0.1) is 0 Å². The highest BCUT2D eigenvalue weighted by atomic mass is 127. The zero-order valence-electron chi connectivity index (χ0n) is 13.5. The number of benzene rings is 2. The van der Waals surface area contributed by atoms with Crippen molar-refractivity contribution in [2.45, 2.75) is 57.4 Å². The van der Waals surface area contributed by atoms with E-state index in [2.05, 4.69) is 64.3 Å². The summed E-state index contributed by atoms with van der Waals surface area (Å²) in [4.78, 5) is 12.1. The van der Waals surface area contributed by atoms with Gasteiger partial charge in [0.1, 0.15) is 0 Å². The fourth-order valence-corrected chi connectivity index (χ4v) is 4.01. The SMILES string of the molecule is O=C(CCCc1cccc2ccc(I)cc12)NC1CCCCC1. The van der Waals surface area contributed by atoms with E-state index < -0.39 is 0 Å². The van der Waals surface area contributed by atoms with Gasteiger partial charge in [-0.1, -0.05) is 43.5 Å². The lowest BCUT2D eigenvalue weighted by molar-refractivity contribution is -0.122. The van der Waals surface area contributed by atoms with E-state index in [1.54, 1.807) is 0 Å². The van der Waals surface area contributed by atoms with Gasteiger partial charge in [-0.05, 0) is 76.7 Å². The van der Waals surface area contributed by atoms with Crippen LogP contribution in [0.4, 0.5) is 0 Å². The molecular formula is C20H24INO. The lowest BCUT2D eigenvalue weighted by Crippen LogP contribution is -2.36. The van der Waals surface area contributed by atoms with Crippen molar-refractivity contribution in [3.63, 3.8) is 0 Å². The zero-order chi connectivity index (χ0) is 16.1. The topological polar surface area (TPSA) is 29.1 Å². The Labute approximate surface area is 152 Å². The molecule has 2 aromatic carbocycles. The highest BCUT2D eigenvalue weighted by molar-refractivity contribution is 14.1. The van der Waals surface area contributed by atoms with Crippen LogP contribution >= 0.6 is 22.6 Å². The first-order chi connectivity index (χ1) is 11.2. The fraction of sp³-hybridized carbons (Fsp3) is 0.450. The Bertz CT molecular complexity index is 676. The molecule has 0 atom stereocenters. The molecule has 0 bridgehead atoms. The normalized spacial score (nSPS) is 15.7. The van der Waals surface area contributed by atoms with Crippen molar-refractivity contribution < 1.29 is 4.79 Å². The highest BCUT2D eigenvalue weighted by Crippen LogP contribution is 2.23. The van der Waals surface area contributed by atoms with Gasteiger partial charge >= 0.3 is 0 Å². The summed E-state index contributed by atoms with van der Waals surface area (Å²) < 4.78 is 1.26. The molecule has 0 spiro atoms. The van der Waals surface area contributed by atoms with Crippen LogP contribution in [0.25, 0.3) is 10.8 Å². The molecule has 1 aliphatic rings. The van der Waals surface area contributed by atoms with Crippen molar-refractivity contribution in [3.8, 4) is 0 Å². The van der Waals surface area contributed by atoms with Gasteiger partial charge < -0.3 is 5.32 Å². The Morgan fingerprint density at radius 3 is 2.78 bits per heavy atom. The van der Waals surface area contributed by atoms with Gasteiger partial charge in [0.25, 0.3) is 0 Å². The second-order valence-corrected chi connectivity index (χ2v) is 7.78. The van der Waals surface area contributed by atoms with Crippen LogP contribution < -0.4 is 5.32 Å². The van der Waals surface area contributed by atoms with Crippen LogP contribution in [0.15, 0.2) is 36.4 Å². The smallest absolute Gasteiger partial charge is 0.220 e. The number of amides is 1. The minimum atomic E-state index is 0.228. The number of halogens is 1. The molecule has 1 N–H and O–H groups in total. The van der Waals surface area contributed by atoms with Crippen LogP contribution in [0.2, 0.25) is 0 Å². The third-order valence-corrected chi connectivity index (χ3v) is 5.43. The molecule has 3 heteroatoms. The largest absolute Gasteiger partial charge is 0.353 e. The predicted molar refractivity (Wildman–Crippen MR) is 105 cm³/mol. The third-order valence-electron chi connectivity index (χ3n) is 4.75.